The van der Waals surface area contributed by atoms with Crippen LogP contribution in [0.5, 0.6) is 0 Å². The van der Waals surface area contributed by atoms with Crippen molar-refractivity contribution in [3.8, 4) is 11.4 Å². The molecule has 1 aromatic heterocycles. The molecule has 0 radical (unpaired) electrons. The van der Waals surface area contributed by atoms with Gasteiger partial charge >= 0.3 is 0 Å². The Bertz CT molecular complexity index is 999. The zero-order chi connectivity index (χ0) is 22.9. The van der Waals surface area contributed by atoms with Crippen molar-refractivity contribution in [3.05, 3.63) is 39.9 Å². The van der Waals surface area contributed by atoms with Gasteiger partial charge in [0.15, 0.2) is 5.69 Å². The largest absolute Gasteiger partial charge is 0.357 e. The van der Waals surface area contributed by atoms with Crippen molar-refractivity contribution in [1.82, 2.24) is 25.1 Å². The summed E-state index contributed by atoms with van der Waals surface area (Å²) in [5.41, 5.74) is 0.776. The van der Waals surface area contributed by atoms with Gasteiger partial charge in [-0.15, -0.1) is 0 Å². The fraction of sp³-hybridized carbons (Fsp3) is 0.500. The van der Waals surface area contributed by atoms with Crippen molar-refractivity contribution in [1.29, 1.82) is 0 Å². The van der Waals surface area contributed by atoms with Crippen LogP contribution in [0.15, 0.2) is 22.7 Å². The Kier molecular flexibility index (Phi) is 6.85. The van der Waals surface area contributed by atoms with Crippen molar-refractivity contribution < 1.29 is 14.0 Å². The summed E-state index contributed by atoms with van der Waals surface area (Å²) in [7, 11) is 3.52. The number of nitrogens with zero attached hydrogens (tertiary/aromatic N) is 3. The molecule has 0 spiro atoms. The fourth-order valence-electron chi connectivity index (χ4n) is 3.80. The van der Waals surface area contributed by atoms with Gasteiger partial charge in [-0.2, -0.15) is 0 Å². The lowest BCUT2D eigenvalue weighted by Gasteiger charge is -2.29. The Morgan fingerprint density at radius 2 is 1.97 bits per heavy atom. The first kappa shape index (κ1) is 23.4. The quantitative estimate of drug-likeness (QED) is 0.685. The third-order valence-corrected chi connectivity index (χ3v) is 5.94. The number of fused-ring (bicyclic) bond motifs is 1. The highest BCUT2D eigenvalue weighted by atomic mass is 79.9. The molecule has 0 saturated heterocycles. The van der Waals surface area contributed by atoms with Crippen LogP contribution in [0.25, 0.3) is 11.4 Å². The molecule has 1 aliphatic rings. The van der Waals surface area contributed by atoms with E-state index in [4.69, 9.17) is 0 Å². The average molecular weight is 494 g/mol. The molecule has 0 aliphatic carbocycles. The summed E-state index contributed by atoms with van der Waals surface area (Å²) in [6.07, 6.45) is 0.854. The average Bonchev–Trinajstić information content (AvgIpc) is 2.92. The molecular weight excluding hydrogens is 465 g/mol. The number of carbonyl (C=O) groups excluding carboxylic acids is 2. The van der Waals surface area contributed by atoms with E-state index in [0.717, 1.165) is 23.1 Å². The molecular formula is C22H29BrFN5O2. The van der Waals surface area contributed by atoms with Gasteiger partial charge in [-0.3, -0.25) is 9.59 Å². The zero-order valence-electron chi connectivity index (χ0n) is 18.6. The minimum Gasteiger partial charge on any atom is -0.357 e. The second-order valence-corrected chi connectivity index (χ2v) is 9.90. The number of nitrogens with one attached hydrogen (secondary N) is 2. The van der Waals surface area contributed by atoms with Crippen molar-refractivity contribution in [2.24, 2.45) is 5.41 Å². The predicted octanol–water partition coefficient (Wildman–Crippen LogP) is 3.18. The molecule has 0 bridgehead atoms. The van der Waals surface area contributed by atoms with Gasteiger partial charge in [0.05, 0.1) is 11.3 Å². The third-order valence-electron chi connectivity index (χ3n) is 5.45. The lowest BCUT2D eigenvalue weighted by Crippen LogP contribution is -2.53. The summed E-state index contributed by atoms with van der Waals surface area (Å²) in [4.78, 5) is 32.4. The van der Waals surface area contributed by atoms with E-state index in [1.54, 1.807) is 19.2 Å². The maximum atomic E-state index is 14.7. The number of likely N-dealkylation sites (N-methyl/N-ethyl adjacent to an activating group) is 1. The minimum absolute atomic E-state index is 0.223. The number of amides is 2. The van der Waals surface area contributed by atoms with Gasteiger partial charge in [0.2, 0.25) is 5.91 Å². The molecule has 7 nitrogen and oxygen atoms in total. The van der Waals surface area contributed by atoms with Crippen LogP contribution in [-0.2, 0) is 17.9 Å². The smallest absolute Gasteiger partial charge is 0.272 e. The molecule has 1 aliphatic heterocycles. The predicted molar refractivity (Wildman–Crippen MR) is 121 cm³/mol. The molecule has 31 heavy (non-hydrogen) atoms. The molecule has 0 saturated carbocycles. The van der Waals surface area contributed by atoms with Gasteiger partial charge in [0.1, 0.15) is 17.7 Å². The Balaban J connectivity index is 2.10. The van der Waals surface area contributed by atoms with Crippen molar-refractivity contribution in [2.75, 3.05) is 20.6 Å². The number of aromatic nitrogens is 2. The Morgan fingerprint density at radius 3 is 2.61 bits per heavy atom. The third kappa shape index (κ3) is 4.98. The molecule has 168 valence electrons. The molecule has 1 unspecified atom stereocenters. The monoisotopic (exact) mass is 493 g/mol. The molecule has 0 fully saturated rings. The Hall–Kier alpha value is -2.26. The molecule has 9 heteroatoms. The van der Waals surface area contributed by atoms with E-state index >= 15 is 0 Å². The number of halogens is 2. The maximum absolute atomic E-state index is 14.7. The normalized spacial score (nSPS) is 15.7. The van der Waals surface area contributed by atoms with Crippen LogP contribution in [0.4, 0.5) is 4.39 Å². The second kappa shape index (κ2) is 9.08. The van der Waals surface area contributed by atoms with Crippen LogP contribution in [0.3, 0.4) is 0 Å². The van der Waals surface area contributed by atoms with Gasteiger partial charge < -0.3 is 20.1 Å². The number of imidazole rings is 1. The van der Waals surface area contributed by atoms with E-state index in [0.29, 0.717) is 24.5 Å². The van der Waals surface area contributed by atoms with Gasteiger partial charge in [0, 0.05) is 24.6 Å². The van der Waals surface area contributed by atoms with E-state index in [9.17, 15) is 14.0 Å². The van der Waals surface area contributed by atoms with E-state index in [1.165, 1.54) is 6.07 Å². The summed E-state index contributed by atoms with van der Waals surface area (Å²) in [6, 6.07) is 3.94. The lowest BCUT2D eigenvalue weighted by molar-refractivity contribution is -0.124. The van der Waals surface area contributed by atoms with Crippen molar-refractivity contribution in [2.45, 2.75) is 46.3 Å². The van der Waals surface area contributed by atoms with Crippen molar-refractivity contribution in [3.63, 3.8) is 0 Å². The molecule has 1 atom stereocenters. The number of hydrogen-bond donors (Lipinski definition) is 2. The lowest BCUT2D eigenvalue weighted by atomic mass is 9.86. The number of hydrogen-bond acceptors (Lipinski definition) is 4. The van der Waals surface area contributed by atoms with Crippen LogP contribution in [-0.4, -0.2) is 52.9 Å². The molecule has 1 aromatic carbocycles. The molecule has 2 aromatic rings. The van der Waals surface area contributed by atoms with Crippen LogP contribution < -0.4 is 10.6 Å². The molecule has 3 rings (SSSR count). The summed E-state index contributed by atoms with van der Waals surface area (Å²) >= 11 is 3.39. The summed E-state index contributed by atoms with van der Waals surface area (Å²) < 4.78 is 17.3. The maximum Gasteiger partial charge on any atom is 0.272 e. The highest BCUT2D eigenvalue weighted by Crippen LogP contribution is 2.30. The fourth-order valence-corrected chi connectivity index (χ4v) is 4.16. The number of carbonyl (C=O) groups is 2. The van der Waals surface area contributed by atoms with Gasteiger partial charge in [-0.1, -0.05) is 36.7 Å². The van der Waals surface area contributed by atoms with Crippen LogP contribution in [0, 0.1) is 11.2 Å². The molecule has 2 amide bonds. The van der Waals surface area contributed by atoms with Crippen LogP contribution in [0.1, 0.15) is 43.4 Å². The first-order valence-electron chi connectivity index (χ1n) is 10.3. The van der Waals surface area contributed by atoms with Gasteiger partial charge in [0.25, 0.3) is 5.91 Å². The van der Waals surface area contributed by atoms with Gasteiger partial charge in [-0.05, 0) is 43.6 Å². The highest BCUT2D eigenvalue weighted by Gasteiger charge is 2.35. The first-order chi connectivity index (χ1) is 14.5. The Labute approximate surface area is 190 Å². The van der Waals surface area contributed by atoms with Crippen LogP contribution >= 0.6 is 15.9 Å². The molecule has 2 N–H and O–H groups in total. The Morgan fingerprint density at radius 1 is 1.26 bits per heavy atom. The molecule has 2 heterocycles. The topological polar surface area (TPSA) is 79.3 Å². The van der Waals surface area contributed by atoms with E-state index in [1.807, 2.05) is 32.4 Å². The highest BCUT2D eigenvalue weighted by molar-refractivity contribution is 9.10. The summed E-state index contributed by atoms with van der Waals surface area (Å²) in [6.45, 7) is 7.64. The van der Waals surface area contributed by atoms with E-state index < -0.39 is 23.2 Å². The summed E-state index contributed by atoms with van der Waals surface area (Å²) in [5, 5.41) is 5.46. The van der Waals surface area contributed by atoms with E-state index in [2.05, 4.69) is 36.4 Å². The van der Waals surface area contributed by atoms with Crippen molar-refractivity contribution >= 4 is 27.7 Å². The van der Waals surface area contributed by atoms with E-state index in [-0.39, 0.29) is 11.6 Å². The SMILES string of the molecule is CNC(=O)C(NC(=O)c1nc(-c2cc(Br)ccc2F)n2c1CN(C)CCC2)C(C)(C)C. The number of rotatable bonds is 4. The number of benzene rings is 1. The first-order valence-corrected chi connectivity index (χ1v) is 11.1. The minimum atomic E-state index is -0.739. The van der Waals surface area contributed by atoms with Crippen LogP contribution in [0.2, 0.25) is 0 Å². The zero-order valence-corrected chi connectivity index (χ0v) is 20.1. The summed E-state index contributed by atoms with van der Waals surface area (Å²) in [5.74, 6) is -0.703. The second-order valence-electron chi connectivity index (χ2n) is 8.98. The standard InChI is InChI=1S/C22H29BrFN5O2/c1-22(2,3)18(21(31)25-4)27-20(30)17-16-12-28(5)9-6-10-29(16)19(26-17)14-11-13(23)7-8-15(14)24/h7-8,11,18H,6,9-10,12H2,1-5H3,(H,25,31)(H,27,30). The van der Waals surface area contributed by atoms with Gasteiger partial charge in [-0.25, -0.2) is 9.37 Å².